The third kappa shape index (κ3) is 5.71. The van der Waals surface area contributed by atoms with E-state index in [1.807, 2.05) is 13.8 Å². The van der Waals surface area contributed by atoms with E-state index in [2.05, 4.69) is 17.2 Å². The lowest BCUT2D eigenvalue weighted by Gasteiger charge is -2.28. The van der Waals surface area contributed by atoms with Crippen molar-refractivity contribution in [1.82, 2.24) is 9.88 Å². The summed E-state index contributed by atoms with van der Waals surface area (Å²) in [6, 6.07) is 3.56. The van der Waals surface area contributed by atoms with Gasteiger partial charge in [0.2, 0.25) is 0 Å². The van der Waals surface area contributed by atoms with E-state index in [-0.39, 0.29) is 5.91 Å². The minimum Gasteiger partial charge on any atom is -0.389 e. The van der Waals surface area contributed by atoms with E-state index < -0.39 is 5.60 Å². The second-order valence-corrected chi connectivity index (χ2v) is 5.94. The fraction of sp³-hybridized carbons (Fsp3) is 0.625. The largest absolute Gasteiger partial charge is 0.389 e. The molecule has 0 aromatic carbocycles. The van der Waals surface area contributed by atoms with Crippen LogP contribution >= 0.6 is 0 Å². The average molecular weight is 293 g/mol. The van der Waals surface area contributed by atoms with Gasteiger partial charge in [-0.3, -0.25) is 4.79 Å². The van der Waals surface area contributed by atoms with Crippen molar-refractivity contribution in [2.75, 3.05) is 25.0 Å². The normalized spacial score (nSPS) is 11.3. The first kappa shape index (κ1) is 17.4. The third-order valence-electron chi connectivity index (χ3n) is 3.00. The zero-order valence-corrected chi connectivity index (χ0v) is 13.7. The smallest absolute Gasteiger partial charge is 0.254 e. The molecule has 1 aromatic rings. The topological polar surface area (TPSA) is 65.5 Å². The number of likely N-dealkylation sites (N-methyl/N-ethyl adjacent to an activating group) is 1. The van der Waals surface area contributed by atoms with Crippen LogP contribution < -0.4 is 5.32 Å². The lowest BCUT2D eigenvalue weighted by atomic mass is 10.1. The lowest BCUT2D eigenvalue weighted by Crippen LogP contribution is -2.42. The molecule has 0 bridgehead atoms. The van der Waals surface area contributed by atoms with Gasteiger partial charge in [0.15, 0.2) is 0 Å². The molecule has 0 saturated carbocycles. The molecule has 0 saturated heterocycles. The average Bonchev–Trinajstić information content (AvgIpc) is 2.40. The van der Waals surface area contributed by atoms with Crippen LogP contribution in [-0.4, -0.2) is 46.1 Å². The van der Waals surface area contributed by atoms with E-state index in [9.17, 15) is 9.90 Å². The van der Waals surface area contributed by atoms with Gasteiger partial charge < -0.3 is 15.3 Å². The molecule has 0 radical (unpaired) electrons. The standard InChI is InChI=1S/C16H27N3O2/c1-6-8-17-14-10-13(9-12(3)18-14)15(20)19(7-2)11-16(4,5)21/h9-10,21H,6-8,11H2,1-5H3,(H,17,18). The first-order valence-corrected chi connectivity index (χ1v) is 7.51. The number of rotatable bonds is 7. The molecular formula is C16H27N3O2. The number of carbonyl (C=O) groups excluding carboxylic acids is 1. The van der Waals surface area contributed by atoms with Gasteiger partial charge in [-0.2, -0.15) is 0 Å². The molecule has 0 aliphatic heterocycles. The number of hydrogen-bond donors (Lipinski definition) is 2. The van der Waals surface area contributed by atoms with Crippen LogP contribution in [0, 0.1) is 6.92 Å². The van der Waals surface area contributed by atoms with E-state index in [1.54, 1.807) is 30.9 Å². The molecule has 5 heteroatoms. The molecule has 2 N–H and O–H groups in total. The first-order valence-electron chi connectivity index (χ1n) is 7.51. The highest BCUT2D eigenvalue weighted by atomic mass is 16.3. The summed E-state index contributed by atoms with van der Waals surface area (Å²) in [6.07, 6.45) is 0.999. The van der Waals surface area contributed by atoms with Crippen LogP contribution in [0.3, 0.4) is 0 Å². The molecule has 1 heterocycles. The number of amides is 1. The first-order chi connectivity index (χ1) is 9.76. The van der Waals surface area contributed by atoms with Crippen molar-refractivity contribution in [2.24, 2.45) is 0 Å². The maximum atomic E-state index is 12.6. The number of nitrogens with zero attached hydrogens (tertiary/aromatic N) is 2. The highest BCUT2D eigenvalue weighted by molar-refractivity contribution is 5.95. The fourth-order valence-electron chi connectivity index (χ4n) is 2.11. The Hall–Kier alpha value is -1.62. The zero-order valence-electron chi connectivity index (χ0n) is 13.7. The van der Waals surface area contributed by atoms with Crippen LogP contribution in [0.4, 0.5) is 5.82 Å². The molecule has 0 aliphatic rings. The van der Waals surface area contributed by atoms with Crippen LogP contribution in [0.15, 0.2) is 12.1 Å². The van der Waals surface area contributed by atoms with Crippen molar-refractivity contribution in [3.05, 3.63) is 23.4 Å². The Morgan fingerprint density at radius 1 is 1.38 bits per heavy atom. The second-order valence-electron chi connectivity index (χ2n) is 5.94. The molecular weight excluding hydrogens is 266 g/mol. The number of aromatic nitrogens is 1. The molecule has 21 heavy (non-hydrogen) atoms. The summed E-state index contributed by atoms with van der Waals surface area (Å²) in [5.41, 5.74) is 0.503. The Morgan fingerprint density at radius 2 is 2.05 bits per heavy atom. The summed E-state index contributed by atoms with van der Waals surface area (Å²) >= 11 is 0. The van der Waals surface area contributed by atoms with Crippen LogP contribution in [-0.2, 0) is 0 Å². The number of aryl methyl sites for hydroxylation is 1. The number of aliphatic hydroxyl groups is 1. The molecule has 5 nitrogen and oxygen atoms in total. The highest BCUT2D eigenvalue weighted by Crippen LogP contribution is 2.14. The van der Waals surface area contributed by atoms with E-state index >= 15 is 0 Å². The molecule has 1 amide bonds. The van der Waals surface area contributed by atoms with Crippen molar-refractivity contribution in [2.45, 2.75) is 46.6 Å². The van der Waals surface area contributed by atoms with Crippen molar-refractivity contribution >= 4 is 11.7 Å². The van der Waals surface area contributed by atoms with E-state index in [0.29, 0.717) is 18.7 Å². The summed E-state index contributed by atoms with van der Waals surface area (Å²) in [5, 5.41) is 13.1. The number of anilines is 1. The third-order valence-corrected chi connectivity index (χ3v) is 3.00. The van der Waals surface area contributed by atoms with Gasteiger partial charge in [-0.25, -0.2) is 4.98 Å². The maximum Gasteiger partial charge on any atom is 0.254 e. The molecule has 0 fully saturated rings. The highest BCUT2D eigenvalue weighted by Gasteiger charge is 2.22. The predicted molar refractivity (Wildman–Crippen MR) is 85.6 cm³/mol. The number of hydrogen-bond acceptors (Lipinski definition) is 4. The van der Waals surface area contributed by atoms with Crippen LogP contribution in [0.1, 0.15) is 50.2 Å². The van der Waals surface area contributed by atoms with E-state index in [0.717, 1.165) is 24.5 Å². The number of carbonyl (C=O) groups is 1. The molecule has 1 rings (SSSR count). The number of nitrogens with one attached hydrogen (secondary N) is 1. The van der Waals surface area contributed by atoms with Crippen molar-refractivity contribution in [1.29, 1.82) is 0 Å². The van der Waals surface area contributed by atoms with Crippen LogP contribution in [0.2, 0.25) is 0 Å². The maximum absolute atomic E-state index is 12.6. The summed E-state index contributed by atoms with van der Waals surface area (Å²) in [6.45, 7) is 11.0. The van der Waals surface area contributed by atoms with Gasteiger partial charge in [0.25, 0.3) is 5.91 Å². The summed E-state index contributed by atoms with van der Waals surface area (Å²) < 4.78 is 0. The Kier molecular flexibility index (Phi) is 6.15. The Bertz CT molecular complexity index is 481. The zero-order chi connectivity index (χ0) is 16.0. The van der Waals surface area contributed by atoms with Gasteiger partial charge in [-0.05, 0) is 46.2 Å². The Morgan fingerprint density at radius 3 is 2.57 bits per heavy atom. The predicted octanol–water partition coefficient (Wildman–Crippen LogP) is 2.44. The van der Waals surface area contributed by atoms with Gasteiger partial charge in [0.05, 0.1) is 5.60 Å². The molecule has 0 spiro atoms. The van der Waals surface area contributed by atoms with Gasteiger partial charge in [-0.15, -0.1) is 0 Å². The number of pyridine rings is 1. The quantitative estimate of drug-likeness (QED) is 0.810. The van der Waals surface area contributed by atoms with Gasteiger partial charge in [0, 0.05) is 30.9 Å². The minimum atomic E-state index is -0.906. The van der Waals surface area contributed by atoms with Gasteiger partial charge in [0.1, 0.15) is 5.82 Å². The molecule has 0 unspecified atom stereocenters. The van der Waals surface area contributed by atoms with Crippen molar-refractivity contribution in [3.8, 4) is 0 Å². The lowest BCUT2D eigenvalue weighted by molar-refractivity contribution is 0.0314. The molecule has 0 aliphatic carbocycles. The molecule has 0 atom stereocenters. The summed E-state index contributed by atoms with van der Waals surface area (Å²) in [7, 11) is 0. The Labute approximate surface area is 127 Å². The SMILES string of the molecule is CCCNc1cc(C(=O)N(CC)CC(C)(C)O)cc(C)n1. The van der Waals surface area contributed by atoms with Crippen molar-refractivity contribution in [3.63, 3.8) is 0 Å². The molecule has 118 valence electrons. The molecule has 1 aromatic heterocycles. The monoisotopic (exact) mass is 293 g/mol. The Balaban J connectivity index is 2.96. The van der Waals surface area contributed by atoms with E-state index in [1.165, 1.54) is 0 Å². The van der Waals surface area contributed by atoms with Gasteiger partial charge >= 0.3 is 0 Å². The second kappa shape index (κ2) is 7.41. The van der Waals surface area contributed by atoms with Crippen LogP contribution in [0.25, 0.3) is 0 Å². The van der Waals surface area contributed by atoms with Gasteiger partial charge in [-0.1, -0.05) is 6.92 Å². The summed E-state index contributed by atoms with van der Waals surface area (Å²) in [4.78, 5) is 18.6. The minimum absolute atomic E-state index is 0.0790. The van der Waals surface area contributed by atoms with E-state index in [4.69, 9.17) is 0 Å². The summed E-state index contributed by atoms with van der Waals surface area (Å²) in [5.74, 6) is 0.643. The van der Waals surface area contributed by atoms with Crippen molar-refractivity contribution < 1.29 is 9.90 Å². The fourth-order valence-corrected chi connectivity index (χ4v) is 2.11. The van der Waals surface area contributed by atoms with Crippen LogP contribution in [0.5, 0.6) is 0 Å².